The van der Waals surface area contributed by atoms with Gasteiger partial charge in [0.2, 0.25) is 0 Å². The van der Waals surface area contributed by atoms with Gasteiger partial charge >= 0.3 is 0 Å². The minimum Gasteiger partial charge on any atom is -0.378 e. The Morgan fingerprint density at radius 2 is 1.54 bits per heavy atom. The van der Waals surface area contributed by atoms with Crippen molar-refractivity contribution < 1.29 is 4.79 Å². The molecule has 2 atom stereocenters. The van der Waals surface area contributed by atoms with Crippen LogP contribution in [0, 0.1) is 5.92 Å². The zero-order valence-electron chi connectivity index (χ0n) is 21.9. The average molecular weight is 558 g/mol. The number of hydrogen-bond donors (Lipinski definition) is 0. The van der Waals surface area contributed by atoms with E-state index in [0.717, 1.165) is 46.3 Å². The number of halogens is 1. The van der Waals surface area contributed by atoms with E-state index in [9.17, 15) is 4.79 Å². The molecular formula is C31H33BrN4O. The van der Waals surface area contributed by atoms with Gasteiger partial charge in [0.05, 0.1) is 17.3 Å². The molecule has 5 rings (SSSR count). The van der Waals surface area contributed by atoms with Crippen LogP contribution in [0.4, 0.5) is 11.4 Å². The predicted octanol–water partition coefficient (Wildman–Crippen LogP) is 7.02. The van der Waals surface area contributed by atoms with Crippen LogP contribution in [-0.2, 0) is 0 Å². The molecule has 0 saturated heterocycles. The van der Waals surface area contributed by atoms with Crippen molar-refractivity contribution >= 4 is 45.0 Å². The van der Waals surface area contributed by atoms with Crippen LogP contribution in [0.1, 0.15) is 46.8 Å². The van der Waals surface area contributed by atoms with Gasteiger partial charge in [0.1, 0.15) is 0 Å². The second-order valence-electron chi connectivity index (χ2n) is 10.2. The summed E-state index contributed by atoms with van der Waals surface area (Å²) < 4.78 is 0.786. The van der Waals surface area contributed by atoms with Crippen molar-refractivity contribution in [3.63, 3.8) is 0 Å². The fourth-order valence-corrected chi connectivity index (χ4v) is 5.75. The van der Waals surface area contributed by atoms with Gasteiger partial charge in [0.25, 0.3) is 5.91 Å². The topological polar surface area (TPSA) is 39.1 Å². The Kier molecular flexibility index (Phi) is 7.20. The summed E-state index contributed by atoms with van der Waals surface area (Å²) in [7, 11) is 8.18. The zero-order valence-corrected chi connectivity index (χ0v) is 23.4. The lowest BCUT2D eigenvalue weighted by Crippen LogP contribution is -2.32. The Morgan fingerprint density at radius 3 is 2.16 bits per heavy atom. The number of carbonyl (C=O) groups excluding carboxylic acids is 1. The van der Waals surface area contributed by atoms with E-state index in [0.29, 0.717) is 5.56 Å². The maximum atomic E-state index is 13.9. The number of hydrogen-bond acceptors (Lipinski definition) is 4. The Hall–Kier alpha value is -3.38. The van der Waals surface area contributed by atoms with Gasteiger partial charge in [-0.1, -0.05) is 36.4 Å². The van der Waals surface area contributed by atoms with Crippen LogP contribution >= 0.6 is 15.9 Å². The SMILES string of the molecule is CN(C)c1ccc(/C=C2\CCC[C@@H]3C2=NN(C(=O)c2ccccc2Br)[C@H]3c2ccc(N(C)C)cc2)cc1. The molecular weight excluding hydrogens is 524 g/mol. The third kappa shape index (κ3) is 5.08. The highest BCUT2D eigenvalue weighted by Gasteiger charge is 2.44. The van der Waals surface area contributed by atoms with Crippen LogP contribution in [0.25, 0.3) is 6.08 Å². The molecule has 0 radical (unpaired) electrons. The summed E-state index contributed by atoms with van der Waals surface area (Å²) >= 11 is 3.58. The van der Waals surface area contributed by atoms with E-state index in [-0.39, 0.29) is 17.9 Å². The fraction of sp³-hybridized carbons (Fsp3) is 0.290. The number of benzene rings is 3. The van der Waals surface area contributed by atoms with Gasteiger partial charge in [-0.15, -0.1) is 0 Å². The van der Waals surface area contributed by atoms with Crippen LogP contribution in [0.3, 0.4) is 0 Å². The van der Waals surface area contributed by atoms with Gasteiger partial charge in [-0.3, -0.25) is 4.79 Å². The van der Waals surface area contributed by atoms with Gasteiger partial charge in [0.15, 0.2) is 0 Å². The standard InChI is InChI=1S/C31H33BrN4O/c1-34(2)24-16-12-21(13-17-24)20-23-8-7-10-27-29(23)33-36(31(37)26-9-5-6-11-28(26)32)30(27)22-14-18-25(19-15-22)35(3)4/h5-6,9,11-20,27,30H,7-8,10H2,1-4H3/b23-20+/t27-,30+/m1/s1. The van der Waals surface area contributed by atoms with E-state index in [4.69, 9.17) is 5.10 Å². The molecule has 0 aromatic heterocycles. The van der Waals surface area contributed by atoms with E-state index in [1.165, 1.54) is 11.3 Å². The lowest BCUT2D eigenvalue weighted by Gasteiger charge is -2.30. The highest BCUT2D eigenvalue weighted by Crippen LogP contribution is 2.45. The minimum atomic E-state index is -0.134. The molecule has 5 nitrogen and oxygen atoms in total. The smallest absolute Gasteiger partial charge is 0.275 e. The first-order valence-corrected chi connectivity index (χ1v) is 13.5. The number of anilines is 2. The number of fused-ring (bicyclic) bond motifs is 1. The maximum Gasteiger partial charge on any atom is 0.275 e. The molecule has 3 aromatic carbocycles. The van der Waals surface area contributed by atoms with E-state index in [1.54, 1.807) is 5.01 Å². The molecule has 37 heavy (non-hydrogen) atoms. The van der Waals surface area contributed by atoms with Gasteiger partial charge in [-0.05, 0) is 94.4 Å². The maximum absolute atomic E-state index is 13.9. The third-order valence-electron chi connectivity index (χ3n) is 7.32. The molecule has 0 N–H and O–H groups in total. The highest BCUT2D eigenvalue weighted by molar-refractivity contribution is 9.10. The first-order valence-electron chi connectivity index (χ1n) is 12.8. The number of hydrazone groups is 1. The van der Waals surface area contributed by atoms with Gasteiger partial charge in [-0.25, -0.2) is 5.01 Å². The number of carbonyl (C=O) groups is 1. The summed E-state index contributed by atoms with van der Waals surface area (Å²) in [6, 6.07) is 24.6. The first-order chi connectivity index (χ1) is 17.8. The largest absolute Gasteiger partial charge is 0.378 e. The lowest BCUT2D eigenvalue weighted by molar-refractivity contribution is 0.0680. The first kappa shape index (κ1) is 25.3. The summed E-state index contributed by atoms with van der Waals surface area (Å²) in [5.74, 6) is 0.0865. The van der Waals surface area contributed by atoms with Crippen molar-refractivity contribution in [3.05, 3.63) is 99.5 Å². The van der Waals surface area contributed by atoms with Crippen LogP contribution in [0.15, 0.2) is 87.9 Å². The second-order valence-corrected chi connectivity index (χ2v) is 11.1. The third-order valence-corrected chi connectivity index (χ3v) is 8.01. The van der Waals surface area contributed by atoms with E-state index >= 15 is 0 Å². The van der Waals surface area contributed by atoms with E-state index < -0.39 is 0 Å². The fourth-order valence-electron chi connectivity index (χ4n) is 5.30. The van der Waals surface area contributed by atoms with Gasteiger partial charge in [0, 0.05) is 50.0 Å². The number of rotatable bonds is 5. The normalized spacial score (nSPS) is 20.0. The summed E-state index contributed by atoms with van der Waals surface area (Å²) in [5.41, 5.74) is 7.49. The monoisotopic (exact) mass is 556 g/mol. The summed E-state index contributed by atoms with van der Waals surface area (Å²) in [6.45, 7) is 0. The summed E-state index contributed by atoms with van der Waals surface area (Å²) in [4.78, 5) is 18.1. The molecule has 1 aliphatic carbocycles. The molecule has 3 aromatic rings. The number of nitrogens with zero attached hydrogens (tertiary/aromatic N) is 4. The highest BCUT2D eigenvalue weighted by atomic mass is 79.9. The van der Waals surface area contributed by atoms with Crippen molar-refractivity contribution in [1.82, 2.24) is 5.01 Å². The van der Waals surface area contributed by atoms with E-state index in [1.807, 2.05) is 52.5 Å². The van der Waals surface area contributed by atoms with Crippen molar-refractivity contribution in [3.8, 4) is 0 Å². The van der Waals surface area contributed by atoms with Gasteiger partial charge < -0.3 is 9.80 Å². The summed E-state index contributed by atoms with van der Waals surface area (Å²) in [5, 5.41) is 6.79. The Bertz CT molecular complexity index is 1340. The zero-order chi connectivity index (χ0) is 26.1. The second kappa shape index (κ2) is 10.5. The van der Waals surface area contributed by atoms with Crippen molar-refractivity contribution in [2.45, 2.75) is 25.3 Å². The molecule has 6 heteroatoms. The lowest BCUT2D eigenvalue weighted by atomic mass is 9.77. The molecule has 0 bridgehead atoms. The molecule has 1 amide bonds. The molecule has 1 aliphatic heterocycles. The Labute approximate surface area is 228 Å². The van der Waals surface area contributed by atoms with Crippen LogP contribution in [0.2, 0.25) is 0 Å². The number of amides is 1. The van der Waals surface area contributed by atoms with Crippen molar-refractivity contribution in [2.75, 3.05) is 38.0 Å². The Balaban J connectivity index is 1.55. The van der Waals surface area contributed by atoms with Crippen LogP contribution in [0.5, 0.6) is 0 Å². The molecule has 0 spiro atoms. The quantitative estimate of drug-likeness (QED) is 0.339. The molecule has 2 aliphatic rings. The molecule has 1 saturated carbocycles. The van der Waals surface area contributed by atoms with E-state index in [2.05, 4.69) is 80.3 Å². The molecule has 1 fully saturated rings. The predicted molar refractivity (Wildman–Crippen MR) is 157 cm³/mol. The minimum absolute atomic E-state index is 0.0780. The van der Waals surface area contributed by atoms with Crippen molar-refractivity contribution in [1.29, 1.82) is 0 Å². The van der Waals surface area contributed by atoms with Crippen LogP contribution < -0.4 is 9.80 Å². The Morgan fingerprint density at radius 1 is 0.919 bits per heavy atom. The van der Waals surface area contributed by atoms with Crippen LogP contribution in [-0.4, -0.2) is 44.8 Å². The van der Waals surface area contributed by atoms with Crippen molar-refractivity contribution in [2.24, 2.45) is 11.0 Å². The molecule has 190 valence electrons. The molecule has 0 unspecified atom stereocenters. The van der Waals surface area contributed by atoms with Gasteiger partial charge in [-0.2, -0.15) is 5.10 Å². The average Bonchev–Trinajstić information content (AvgIpc) is 3.29. The molecule has 1 heterocycles. The number of allylic oxidation sites excluding steroid dienone is 1. The summed E-state index contributed by atoms with van der Waals surface area (Å²) in [6.07, 6.45) is 5.31.